The molecule has 0 saturated carbocycles. The SMILES string of the molecule is CN([CH-]N(C)c1ccc[cH-]1)c1ccc[cH-]1.[Cl][Ru]([Cl])=[C]1C=Cc2ccccc21.c1ccc([PH+](c2ccccc2)c2ccccc2)cc1. The van der Waals surface area contributed by atoms with Crippen molar-refractivity contribution in [3.05, 3.63) is 188 Å². The molecule has 0 aromatic heterocycles. The van der Waals surface area contributed by atoms with Crippen molar-refractivity contribution in [1.29, 1.82) is 0 Å². The molecule has 6 heteroatoms. The van der Waals surface area contributed by atoms with E-state index < -0.39 is 21.4 Å². The zero-order valence-corrected chi connectivity index (χ0v) is 30.1. The number of allylic oxidation sites excluding steroid dienone is 1. The predicted octanol–water partition coefficient (Wildman–Crippen LogP) is 9.15. The van der Waals surface area contributed by atoms with E-state index in [1.807, 2.05) is 42.5 Å². The van der Waals surface area contributed by atoms with Crippen molar-refractivity contribution >= 4 is 64.8 Å². The van der Waals surface area contributed by atoms with Crippen LogP contribution in [-0.4, -0.2) is 18.2 Å². The van der Waals surface area contributed by atoms with Crippen LogP contribution in [0.15, 0.2) is 170 Å². The van der Waals surface area contributed by atoms with Gasteiger partial charge in [-0.05, 0) is 50.5 Å². The van der Waals surface area contributed by atoms with Crippen LogP contribution in [0.3, 0.4) is 0 Å². The maximum Gasteiger partial charge on any atom is 0.102 e. The van der Waals surface area contributed by atoms with Crippen LogP contribution < -0.4 is 25.7 Å². The second-order valence-electron chi connectivity index (χ2n) is 10.5. The van der Waals surface area contributed by atoms with Crippen LogP contribution in [0.25, 0.3) is 6.08 Å². The molecule has 1 aliphatic rings. The van der Waals surface area contributed by atoms with Crippen LogP contribution in [0.2, 0.25) is 0 Å². The minimum absolute atomic E-state index is 0.877. The molecule has 236 valence electrons. The third kappa shape index (κ3) is 9.25. The van der Waals surface area contributed by atoms with E-state index in [9.17, 15) is 0 Å². The summed E-state index contributed by atoms with van der Waals surface area (Å²) in [6.07, 6.45) is 4.10. The molecule has 0 saturated heterocycles. The van der Waals surface area contributed by atoms with Gasteiger partial charge in [-0.1, -0.05) is 54.6 Å². The molecule has 1 aliphatic carbocycles. The zero-order valence-electron chi connectivity index (χ0n) is 25.8. The van der Waals surface area contributed by atoms with E-state index in [1.54, 1.807) is 0 Å². The Bertz CT molecular complexity index is 1670. The summed E-state index contributed by atoms with van der Waals surface area (Å²) in [5.41, 5.74) is 4.84. The van der Waals surface area contributed by atoms with E-state index >= 15 is 0 Å². The molecule has 0 spiro atoms. The Kier molecular flexibility index (Phi) is 12.8. The van der Waals surface area contributed by atoms with E-state index in [-0.39, 0.29) is 0 Å². The van der Waals surface area contributed by atoms with E-state index in [2.05, 4.69) is 164 Å². The number of anilines is 2. The number of fused-ring (bicyclic) bond motifs is 1. The fourth-order valence-electron chi connectivity index (χ4n) is 5.13. The summed E-state index contributed by atoms with van der Waals surface area (Å²) in [6.45, 7) is 2.07. The van der Waals surface area contributed by atoms with Crippen LogP contribution >= 0.6 is 27.3 Å². The molecule has 0 atom stereocenters. The first-order valence-corrected chi connectivity index (χ1v) is 21.8. The van der Waals surface area contributed by atoms with Crippen LogP contribution in [0, 0.1) is 6.67 Å². The third-order valence-electron chi connectivity index (χ3n) is 7.40. The largest absolute Gasteiger partial charge is 0.102 e. The molecule has 2 nitrogen and oxygen atoms in total. The number of halogens is 2. The van der Waals surface area contributed by atoms with E-state index in [0.29, 0.717) is 0 Å². The van der Waals surface area contributed by atoms with Gasteiger partial charge in [-0.2, -0.15) is 43.1 Å². The summed E-state index contributed by atoms with van der Waals surface area (Å²) < 4.78 is 1.14. The van der Waals surface area contributed by atoms with Crippen LogP contribution in [0.4, 0.5) is 11.4 Å². The fraction of sp³-hybridized carbons (Fsp3) is 0.0500. The Morgan fingerprint density at radius 3 is 1.39 bits per heavy atom. The van der Waals surface area contributed by atoms with Crippen molar-refractivity contribution < 1.29 is 13.5 Å². The molecule has 0 N–H and O–H groups in total. The van der Waals surface area contributed by atoms with Crippen molar-refractivity contribution in [3.63, 3.8) is 0 Å². The maximum absolute atomic E-state index is 5.93. The Morgan fingerprint density at radius 2 is 0.978 bits per heavy atom. The first kappa shape index (κ1) is 33.8. The monoisotopic (exact) mass is 748 g/mol. The molecule has 6 aromatic carbocycles. The summed E-state index contributed by atoms with van der Waals surface area (Å²) in [7, 11) is 15.1. The molecule has 0 aliphatic heterocycles. The van der Waals surface area contributed by atoms with Crippen LogP contribution in [0.1, 0.15) is 11.1 Å². The van der Waals surface area contributed by atoms with Gasteiger partial charge in [-0.25, -0.2) is 12.1 Å². The molecule has 6 aromatic rings. The second-order valence-corrected chi connectivity index (χ2v) is 18.8. The number of hydrogen-bond donors (Lipinski definition) is 0. The van der Waals surface area contributed by atoms with Gasteiger partial charge in [0.25, 0.3) is 0 Å². The maximum atomic E-state index is 5.93. The first-order valence-electron chi connectivity index (χ1n) is 14.9. The van der Waals surface area contributed by atoms with Crippen molar-refractivity contribution in [3.8, 4) is 0 Å². The third-order valence-corrected chi connectivity index (χ3v) is 13.3. The minimum Gasteiger partial charge on any atom is -0.0620 e. The smallest absolute Gasteiger partial charge is 0.0620 e. The summed E-state index contributed by atoms with van der Waals surface area (Å²) in [6, 6.07) is 57.2. The molecule has 0 unspecified atom stereocenters. The van der Waals surface area contributed by atoms with Crippen molar-refractivity contribution in [2.75, 3.05) is 23.9 Å². The fourth-order valence-corrected chi connectivity index (χ4v) is 10.2. The number of rotatable bonds is 7. The standard InChI is InChI=1S/C18H15P.C13H15N2.C9H6.2ClH.Ru/c1-4-10-16(11-5-1)19(17-12-6-2-7-13-17)18-14-8-3-9-15-18;1-14(12-7-3-4-8-12)11-15(2)13-9-5-6-10-13;1-2-5-9-7-3-6-8(9)4-1;;;/h1-15H;3-11H,1-2H3;1-6H;2*1H;/q;-3;;;;+2/p-1. The van der Waals surface area contributed by atoms with Crippen LogP contribution in [-0.2, 0) is 13.5 Å². The molecular formula is C40H37Cl2N2PRu-2. The molecular weight excluding hydrogens is 711 g/mol. The number of benzene rings is 4. The Hall–Kier alpha value is -3.58. The summed E-state index contributed by atoms with van der Waals surface area (Å²) in [5, 5.41) is 4.31. The van der Waals surface area contributed by atoms with Gasteiger partial charge in [0, 0.05) is 0 Å². The molecule has 0 bridgehead atoms. The van der Waals surface area contributed by atoms with Gasteiger partial charge in [0.05, 0.1) is 7.92 Å². The van der Waals surface area contributed by atoms with Gasteiger partial charge >= 0.3 is 84.6 Å². The van der Waals surface area contributed by atoms with Gasteiger partial charge in [-0.15, -0.1) is 11.4 Å². The van der Waals surface area contributed by atoms with E-state index in [0.717, 1.165) is 4.11 Å². The summed E-state index contributed by atoms with van der Waals surface area (Å²) in [4.78, 5) is 4.21. The quantitative estimate of drug-likeness (QED) is 0.0914. The number of hydrogen-bond acceptors (Lipinski definition) is 2. The van der Waals surface area contributed by atoms with Crippen molar-refractivity contribution in [1.82, 2.24) is 0 Å². The second kappa shape index (κ2) is 17.4. The van der Waals surface area contributed by atoms with E-state index in [1.165, 1.54) is 38.4 Å². The normalized spacial score (nSPS) is 11.6. The molecule has 7 rings (SSSR count). The van der Waals surface area contributed by atoms with Gasteiger partial charge in [0.2, 0.25) is 0 Å². The van der Waals surface area contributed by atoms with Gasteiger partial charge in [-0.3, -0.25) is 0 Å². The molecule has 46 heavy (non-hydrogen) atoms. The van der Waals surface area contributed by atoms with Gasteiger partial charge in [0.15, 0.2) is 0 Å². The average molecular weight is 749 g/mol. The molecule has 0 fully saturated rings. The number of nitrogens with zero attached hydrogens (tertiary/aromatic N) is 2. The molecule has 0 radical (unpaired) electrons. The first-order chi connectivity index (χ1) is 22.5. The Balaban J connectivity index is 0.000000140. The van der Waals surface area contributed by atoms with Crippen molar-refractivity contribution in [2.24, 2.45) is 0 Å². The van der Waals surface area contributed by atoms with E-state index in [4.69, 9.17) is 19.4 Å². The van der Waals surface area contributed by atoms with Gasteiger partial charge in [0.1, 0.15) is 15.9 Å². The summed E-state index contributed by atoms with van der Waals surface area (Å²) in [5.74, 6) is 0. The van der Waals surface area contributed by atoms with Crippen LogP contribution in [0.5, 0.6) is 0 Å². The Morgan fingerprint density at radius 1 is 0.543 bits per heavy atom. The minimum atomic E-state index is -1.73. The van der Waals surface area contributed by atoms with Crippen molar-refractivity contribution in [2.45, 2.75) is 0 Å². The molecule has 0 amide bonds. The summed E-state index contributed by atoms with van der Waals surface area (Å²) >= 11 is -1.73. The Labute approximate surface area is 288 Å². The van der Waals surface area contributed by atoms with Gasteiger partial charge < -0.3 is 9.80 Å². The average Bonchev–Trinajstić information content (AvgIpc) is 3.90. The zero-order chi connectivity index (χ0) is 32.1. The molecule has 0 heterocycles. The predicted molar refractivity (Wildman–Crippen MR) is 203 cm³/mol. The topological polar surface area (TPSA) is 6.48 Å².